The van der Waals surface area contributed by atoms with Crippen molar-refractivity contribution in [2.75, 3.05) is 0 Å². The molecule has 0 aliphatic heterocycles. The number of halogens is 1. The lowest BCUT2D eigenvalue weighted by atomic mass is 10.2. The molecule has 0 saturated heterocycles. The third-order valence-electron chi connectivity index (χ3n) is 2.59. The van der Waals surface area contributed by atoms with Crippen molar-refractivity contribution < 1.29 is 9.53 Å². The fraction of sp³-hybridized carbons (Fsp3) is 0.231. The van der Waals surface area contributed by atoms with E-state index >= 15 is 0 Å². The van der Waals surface area contributed by atoms with Crippen LogP contribution in [0.5, 0.6) is 0 Å². The van der Waals surface area contributed by atoms with Crippen molar-refractivity contribution >= 4 is 38.2 Å². The summed E-state index contributed by atoms with van der Waals surface area (Å²) in [6.45, 7) is 3.56. The van der Waals surface area contributed by atoms with Gasteiger partial charge in [-0.15, -0.1) is 10.2 Å². The van der Waals surface area contributed by atoms with Crippen LogP contribution in [-0.2, 0) is 4.74 Å². The third-order valence-corrected chi connectivity index (χ3v) is 4.03. The van der Waals surface area contributed by atoms with Crippen molar-refractivity contribution in [3.8, 4) is 10.6 Å². The second-order valence-electron chi connectivity index (χ2n) is 4.59. The predicted molar refractivity (Wildman–Crippen MR) is 82.3 cm³/mol. The van der Waals surface area contributed by atoms with Gasteiger partial charge in [-0.25, -0.2) is 4.79 Å². The molecule has 8 heteroatoms. The van der Waals surface area contributed by atoms with Crippen molar-refractivity contribution in [2.45, 2.75) is 20.0 Å². The Kier molecular flexibility index (Phi) is 3.73. The van der Waals surface area contributed by atoms with E-state index in [-0.39, 0.29) is 11.9 Å². The minimum absolute atomic E-state index is 0.0937. The first-order chi connectivity index (χ1) is 10.0. The zero-order valence-corrected chi connectivity index (χ0v) is 13.7. The highest BCUT2D eigenvalue weighted by Gasteiger charge is 2.20. The van der Waals surface area contributed by atoms with E-state index < -0.39 is 5.97 Å². The Balaban J connectivity index is 2.02. The number of carbonyl (C=O) groups is 1. The van der Waals surface area contributed by atoms with Crippen LogP contribution in [0.2, 0.25) is 0 Å². The Bertz CT molecular complexity index is 811. The number of ether oxygens (including phenoxy) is 1. The number of fused-ring (bicyclic) bond motifs is 1. The molecule has 1 aromatic carbocycles. The highest BCUT2D eigenvalue weighted by Crippen LogP contribution is 2.27. The fourth-order valence-corrected chi connectivity index (χ4v) is 2.98. The molecule has 0 saturated carbocycles. The lowest BCUT2D eigenvalue weighted by molar-refractivity contribution is 0.0360. The second-order valence-corrected chi connectivity index (χ2v) is 6.46. The zero-order chi connectivity index (χ0) is 15.0. The molecule has 0 atom stereocenters. The first-order valence-corrected chi connectivity index (χ1v) is 7.84. The van der Waals surface area contributed by atoms with Gasteiger partial charge in [0.1, 0.15) is 5.01 Å². The summed E-state index contributed by atoms with van der Waals surface area (Å²) in [6.07, 6.45) is -0.215. The van der Waals surface area contributed by atoms with Gasteiger partial charge in [-0.3, -0.25) is 0 Å². The van der Waals surface area contributed by atoms with E-state index in [1.165, 1.54) is 15.9 Å². The molecular weight excluding hydrogens is 356 g/mol. The molecule has 3 aromatic rings. The Morgan fingerprint density at radius 1 is 1.38 bits per heavy atom. The topological polar surface area (TPSA) is 69.4 Å². The summed E-state index contributed by atoms with van der Waals surface area (Å²) >= 11 is 4.79. The van der Waals surface area contributed by atoms with Crippen LogP contribution < -0.4 is 0 Å². The summed E-state index contributed by atoms with van der Waals surface area (Å²) in [7, 11) is 0. The van der Waals surface area contributed by atoms with Gasteiger partial charge in [0.05, 0.1) is 6.10 Å². The highest BCUT2D eigenvalue weighted by molar-refractivity contribution is 9.10. The van der Waals surface area contributed by atoms with E-state index in [4.69, 9.17) is 4.74 Å². The second kappa shape index (κ2) is 5.53. The molecule has 0 spiro atoms. The standard InChI is InChI=1S/C13H11BrN4O2S/c1-7(2)20-12(19)10-15-16-13-18(10)17-11(21-13)8-4-3-5-9(14)6-8/h3-7H,1-2H3. The molecule has 0 bridgehead atoms. The van der Waals surface area contributed by atoms with Crippen molar-refractivity contribution in [2.24, 2.45) is 0 Å². The van der Waals surface area contributed by atoms with Gasteiger partial charge in [-0.05, 0) is 26.0 Å². The van der Waals surface area contributed by atoms with Gasteiger partial charge >= 0.3 is 5.97 Å². The minimum Gasteiger partial charge on any atom is -0.457 e. The molecule has 0 aliphatic carbocycles. The Labute approximate surface area is 132 Å². The van der Waals surface area contributed by atoms with Gasteiger partial charge in [0.15, 0.2) is 0 Å². The average molecular weight is 367 g/mol. The molecule has 0 unspecified atom stereocenters. The summed E-state index contributed by atoms with van der Waals surface area (Å²) in [4.78, 5) is 12.5. The number of carbonyl (C=O) groups excluding carboxylic acids is 1. The SMILES string of the molecule is CC(C)OC(=O)c1nnc2sc(-c3cccc(Br)c3)nn12. The molecule has 0 radical (unpaired) electrons. The predicted octanol–water partition coefficient (Wildman–Crippen LogP) is 3.18. The average Bonchev–Trinajstić information content (AvgIpc) is 2.96. The molecule has 6 nitrogen and oxygen atoms in total. The molecule has 2 heterocycles. The molecule has 0 amide bonds. The number of rotatable bonds is 3. The van der Waals surface area contributed by atoms with Crippen molar-refractivity contribution in [1.29, 1.82) is 0 Å². The van der Waals surface area contributed by atoms with Crippen LogP contribution in [0.15, 0.2) is 28.7 Å². The molecule has 2 aromatic heterocycles. The van der Waals surface area contributed by atoms with Crippen LogP contribution in [0.3, 0.4) is 0 Å². The van der Waals surface area contributed by atoms with E-state index in [1.54, 1.807) is 13.8 Å². The molecule has 0 aliphatic rings. The van der Waals surface area contributed by atoms with E-state index in [0.29, 0.717) is 4.96 Å². The fourth-order valence-electron chi connectivity index (χ4n) is 1.75. The first-order valence-electron chi connectivity index (χ1n) is 6.24. The minimum atomic E-state index is -0.524. The highest BCUT2D eigenvalue weighted by atomic mass is 79.9. The first kappa shape index (κ1) is 14.2. The van der Waals surface area contributed by atoms with E-state index in [0.717, 1.165) is 15.0 Å². The zero-order valence-electron chi connectivity index (χ0n) is 11.3. The maximum absolute atomic E-state index is 11.9. The molecule has 0 N–H and O–H groups in total. The monoisotopic (exact) mass is 366 g/mol. The Morgan fingerprint density at radius 3 is 2.90 bits per heavy atom. The molecule has 0 fully saturated rings. The van der Waals surface area contributed by atoms with Crippen LogP contribution in [0.25, 0.3) is 15.5 Å². The maximum atomic E-state index is 11.9. The van der Waals surface area contributed by atoms with Crippen molar-refractivity contribution in [3.05, 3.63) is 34.6 Å². The number of benzene rings is 1. The molecule has 3 rings (SSSR count). The number of hydrogen-bond acceptors (Lipinski definition) is 6. The summed E-state index contributed by atoms with van der Waals surface area (Å²) in [5.41, 5.74) is 0.947. The van der Waals surface area contributed by atoms with Gasteiger partial charge in [-0.2, -0.15) is 9.61 Å². The van der Waals surface area contributed by atoms with Gasteiger partial charge in [-0.1, -0.05) is 39.4 Å². The lowest BCUT2D eigenvalue weighted by Crippen LogP contribution is -2.15. The number of nitrogens with zero attached hydrogens (tertiary/aromatic N) is 4. The quantitative estimate of drug-likeness (QED) is 0.665. The maximum Gasteiger partial charge on any atom is 0.378 e. The number of hydrogen-bond donors (Lipinski definition) is 0. The van der Waals surface area contributed by atoms with E-state index in [2.05, 4.69) is 31.2 Å². The summed E-state index contributed by atoms with van der Waals surface area (Å²) < 4.78 is 7.52. The van der Waals surface area contributed by atoms with E-state index in [9.17, 15) is 4.79 Å². The third kappa shape index (κ3) is 2.81. The summed E-state index contributed by atoms with van der Waals surface area (Å²) in [5, 5.41) is 13.0. The van der Waals surface area contributed by atoms with Gasteiger partial charge in [0, 0.05) is 10.0 Å². The molecule has 108 valence electrons. The van der Waals surface area contributed by atoms with Gasteiger partial charge in [0.2, 0.25) is 4.96 Å². The van der Waals surface area contributed by atoms with Crippen LogP contribution >= 0.6 is 27.3 Å². The van der Waals surface area contributed by atoms with Crippen LogP contribution in [0.4, 0.5) is 0 Å². The smallest absolute Gasteiger partial charge is 0.378 e. The molecule has 21 heavy (non-hydrogen) atoms. The van der Waals surface area contributed by atoms with Crippen LogP contribution in [0, 0.1) is 0 Å². The van der Waals surface area contributed by atoms with Crippen molar-refractivity contribution in [1.82, 2.24) is 19.8 Å². The number of aromatic nitrogens is 4. The van der Waals surface area contributed by atoms with Crippen molar-refractivity contribution in [3.63, 3.8) is 0 Å². The summed E-state index contributed by atoms with van der Waals surface area (Å²) in [5.74, 6) is -0.431. The van der Waals surface area contributed by atoms with Crippen LogP contribution in [-0.4, -0.2) is 31.9 Å². The molecular formula is C13H11BrN4O2S. The van der Waals surface area contributed by atoms with Gasteiger partial charge in [0.25, 0.3) is 5.82 Å². The number of esters is 1. The Morgan fingerprint density at radius 2 is 2.19 bits per heavy atom. The normalized spacial score (nSPS) is 11.2. The largest absolute Gasteiger partial charge is 0.457 e. The van der Waals surface area contributed by atoms with Gasteiger partial charge < -0.3 is 4.74 Å². The summed E-state index contributed by atoms with van der Waals surface area (Å²) in [6, 6.07) is 7.77. The lowest BCUT2D eigenvalue weighted by Gasteiger charge is -2.04. The van der Waals surface area contributed by atoms with Crippen LogP contribution in [0.1, 0.15) is 24.5 Å². The Hall–Kier alpha value is -1.80. The van der Waals surface area contributed by atoms with E-state index in [1.807, 2.05) is 24.3 Å².